The van der Waals surface area contributed by atoms with Gasteiger partial charge in [-0.2, -0.15) is 0 Å². The van der Waals surface area contributed by atoms with Gasteiger partial charge in [0.25, 0.3) is 0 Å². The Morgan fingerprint density at radius 2 is 1.79 bits per heavy atom. The lowest BCUT2D eigenvalue weighted by atomic mass is 10.1. The predicted octanol–water partition coefficient (Wildman–Crippen LogP) is 0.289. The van der Waals surface area contributed by atoms with Gasteiger partial charge in [-0.3, -0.25) is 15.0 Å². The molecule has 1 aliphatic rings. The maximum absolute atomic E-state index is 10.7. The van der Waals surface area contributed by atoms with Crippen LogP contribution in [-0.4, -0.2) is 60.0 Å². The Morgan fingerprint density at radius 1 is 1.29 bits per heavy atom. The maximum atomic E-state index is 10.7. The maximum Gasteiger partial charge on any atom is 0.229 e. The Hall–Kier alpha value is -0.680. The van der Waals surface area contributed by atoms with E-state index in [2.05, 4.69) is 16.8 Å². The Labute approximate surface area is 84.8 Å². The number of rotatable bonds is 3. The molecule has 0 bridgehead atoms. The van der Waals surface area contributed by atoms with Crippen LogP contribution in [0.2, 0.25) is 0 Å². The largest absolute Gasteiger partial charge is 0.304 e. The smallest absolute Gasteiger partial charge is 0.229 e. The third-order valence-electron chi connectivity index (χ3n) is 2.70. The molecule has 1 saturated heterocycles. The summed E-state index contributed by atoms with van der Waals surface area (Å²) in [6.45, 7) is 7.81. The van der Waals surface area contributed by atoms with Crippen molar-refractivity contribution in [1.82, 2.24) is 9.80 Å². The lowest BCUT2D eigenvalue weighted by Gasteiger charge is -2.34. The summed E-state index contributed by atoms with van der Waals surface area (Å²) in [5, 5.41) is 10.7. The summed E-state index contributed by atoms with van der Waals surface area (Å²) in [6, 6.07) is 0. The highest BCUT2D eigenvalue weighted by Crippen LogP contribution is 2.11. The number of nitro groups is 1. The summed E-state index contributed by atoms with van der Waals surface area (Å²) in [4.78, 5) is 15.0. The van der Waals surface area contributed by atoms with Gasteiger partial charge in [-0.25, -0.2) is 0 Å². The molecule has 0 radical (unpaired) electrons. The van der Waals surface area contributed by atoms with E-state index >= 15 is 0 Å². The summed E-state index contributed by atoms with van der Waals surface area (Å²) in [5.74, 6) is 0. The number of piperazine rings is 1. The second-order valence-corrected chi connectivity index (χ2v) is 4.65. The van der Waals surface area contributed by atoms with Crippen LogP contribution in [0.1, 0.15) is 13.8 Å². The second kappa shape index (κ2) is 4.23. The van der Waals surface area contributed by atoms with E-state index in [1.165, 1.54) is 0 Å². The average Bonchev–Trinajstić information content (AvgIpc) is 2.08. The minimum Gasteiger partial charge on any atom is -0.304 e. The minimum atomic E-state index is -0.824. The molecule has 0 amide bonds. The molecule has 5 heteroatoms. The molecule has 82 valence electrons. The summed E-state index contributed by atoms with van der Waals surface area (Å²) >= 11 is 0. The molecule has 0 spiro atoms. The lowest BCUT2D eigenvalue weighted by molar-refractivity contribution is -0.561. The quantitative estimate of drug-likeness (QED) is 0.486. The van der Waals surface area contributed by atoms with Crippen molar-refractivity contribution < 1.29 is 4.92 Å². The Kier molecular flexibility index (Phi) is 3.44. The van der Waals surface area contributed by atoms with Gasteiger partial charge in [0.2, 0.25) is 5.54 Å². The summed E-state index contributed by atoms with van der Waals surface area (Å²) in [7, 11) is 2.08. The molecule has 1 heterocycles. The van der Waals surface area contributed by atoms with E-state index in [4.69, 9.17) is 0 Å². The molecule has 1 rings (SSSR count). The van der Waals surface area contributed by atoms with Gasteiger partial charge in [0.15, 0.2) is 0 Å². The molecule has 0 atom stereocenters. The van der Waals surface area contributed by atoms with E-state index in [-0.39, 0.29) is 4.92 Å². The van der Waals surface area contributed by atoms with Crippen LogP contribution in [0.3, 0.4) is 0 Å². The zero-order valence-electron chi connectivity index (χ0n) is 9.19. The van der Waals surface area contributed by atoms with Crippen molar-refractivity contribution in [3.8, 4) is 0 Å². The zero-order valence-corrected chi connectivity index (χ0v) is 9.19. The Morgan fingerprint density at radius 3 is 2.21 bits per heavy atom. The van der Waals surface area contributed by atoms with Gasteiger partial charge in [-0.1, -0.05) is 0 Å². The first-order valence-corrected chi connectivity index (χ1v) is 4.97. The van der Waals surface area contributed by atoms with Gasteiger partial charge in [-0.15, -0.1) is 0 Å². The van der Waals surface area contributed by atoms with Crippen LogP contribution in [-0.2, 0) is 0 Å². The van der Waals surface area contributed by atoms with Crippen molar-refractivity contribution in [2.45, 2.75) is 19.4 Å². The Bertz CT molecular complexity index is 210. The van der Waals surface area contributed by atoms with E-state index in [1.54, 1.807) is 13.8 Å². The summed E-state index contributed by atoms with van der Waals surface area (Å²) in [5.41, 5.74) is -0.824. The van der Waals surface area contributed by atoms with Crippen molar-refractivity contribution >= 4 is 0 Å². The van der Waals surface area contributed by atoms with Crippen molar-refractivity contribution in [1.29, 1.82) is 0 Å². The standard InChI is InChI=1S/C9H19N3O2/c1-9(2,12(13)14)8-11-6-4-10(3)5-7-11/h4-8H2,1-3H3. The highest BCUT2D eigenvalue weighted by Gasteiger charge is 2.33. The zero-order chi connectivity index (χ0) is 10.8. The van der Waals surface area contributed by atoms with Crippen LogP contribution < -0.4 is 0 Å². The van der Waals surface area contributed by atoms with Crippen LogP contribution in [0.15, 0.2) is 0 Å². The molecule has 0 aromatic heterocycles. The minimum absolute atomic E-state index is 0.189. The van der Waals surface area contributed by atoms with Gasteiger partial charge in [0, 0.05) is 44.9 Å². The number of nitrogens with zero attached hydrogens (tertiary/aromatic N) is 3. The fraction of sp³-hybridized carbons (Fsp3) is 1.00. The lowest BCUT2D eigenvalue weighted by Crippen LogP contribution is -2.51. The molecule has 14 heavy (non-hydrogen) atoms. The molecule has 1 fully saturated rings. The van der Waals surface area contributed by atoms with Crippen molar-refractivity contribution in [3.05, 3.63) is 10.1 Å². The molecule has 5 nitrogen and oxygen atoms in total. The molecule has 0 unspecified atom stereocenters. The third kappa shape index (κ3) is 2.92. The third-order valence-corrected chi connectivity index (χ3v) is 2.70. The van der Waals surface area contributed by atoms with Gasteiger partial charge < -0.3 is 4.90 Å². The molecule has 0 aliphatic carbocycles. The summed E-state index contributed by atoms with van der Waals surface area (Å²) < 4.78 is 0. The molecule has 0 saturated carbocycles. The average molecular weight is 201 g/mol. The monoisotopic (exact) mass is 201 g/mol. The van der Waals surface area contributed by atoms with Crippen LogP contribution in [0.5, 0.6) is 0 Å². The van der Waals surface area contributed by atoms with E-state index in [0.29, 0.717) is 6.54 Å². The molecular formula is C9H19N3O2. The first-order valence-electron chi connectivity index (χ1n) is 4.97. The van der Waals surface area contributed by atoms with Crippen LogP contribution in [0.4, 0.5) is 0 Å². The second-order valence-electron chi connectivity index (χ2n) is 4.65. The highest BCUT2D eigenvalue weighted by molar-refractivity contribution is 4.77. The fourth-order valence-electron chi connectivity index (χ4n) is 1.61. The van der Waals surface area contributed by atoms with E-state index < -0.39 is 5.54 Å². The summed E-state index contributed by atoms with van der Waals surface area (Å²) in [6.07, 6.45) is 0. The Balaban J connectivity index is 2.41. The van der Waals surface area contributed by atoms with Gasteiger partial charge in [-0.05, 0) is 7.05 Å². The van der Waals surface area contributed by atoms with Gasteiger partial charge in [0.05, 0.1) is 6.54 Å². The molecular weight excluding hydrogens is 182 g/mol. The van der Waals surface area contributed by atoms with Gasteiger partial charge >= 0.3 is 0 Å². The normalized spacial score (nSPS) is 21.1. The number of hydrogen-bond acceptors (Lipinski definition) is 4. The molecule has 0 aromatic rings. The molecule has 1 aliphatic heterocycles. The van der Waals surface area contributed by atoms with Crippen molar-refractivity contribution in [2.24, 2.45) is 0 Å². The highest BCUT2D eigenvalue weighted by atomic mass is 16.6. The fourth-order valence-corrected chi connectivity index (χ4v) is 1.61. The van der Waals surface area contributed by atoms with E-state index in [0.717, 1.165) is 26.2 Å². The van der Waals surface area contributed by atoms with E-state index in [1.807, 2.05) is 0 Å². The predicted molar refractivity (Wildman–Crippen MR) is 55.0 cm³/mol. The van der Waals surface area contributed by atoms with Crippen molar-refractivity contribution in [2.75, 3.05) is 39.8 Å². The SMILES string of the molecule is CN1CCN(CC(C)(C)[N+](=O)[O-])CC1. The molecule has 0 N–H and O–H groups in total. The number of hydrogen-bond donors (Lipinski definition) is 0. The van der Waals surface area contributed by atoms with Crippen LogP contribution >= 0.6 is 0 Å². The first-order chi connectivity index (χ1) is 6.42. The van der Waals surface area contributed by atoms with E-state index in [9.17, 15) is 10.1 Å². The van der Waals surface area contributed by atoms with Crippen LogP contribution in [0.25, 0.3) is 0 Å². The topological polar surface area (TPSA) is 49.6 Å². The number of likely N-dealkylation sites (N-methyl/N-ethyl adjacent to an activating group) is 1. The first kappa shape index (κ1) is 11.4. The van der Waals surface area contributed by atoms with Crippen molar-refractivity contribution in [3.63, 3.8) is 0 Å². The van der Waals surface area contributed by atoms with Crippen LogP contribution in [0, 0.1) is 10.1 Å². The molecule has 0 aromatic carbocycles. The van der Waals surface area contributed by atoms with Gasteiger partial charge in [0.1, 0.15) is 0 Å².